The number of likely N-dealkylation sites (N-methyl/N-ethyl adjacent to an activating group) is 1. The quantitative estimate of drug-likeness (QED) is 0.365. The molecule has 1 amide bonds. The van der Waals surface area contributed by atoms with Crippen LogP contribution in [0.5, 0.6) is 0 Å². The van der Waals surface area contributed by atoms with Gasteiger partial charge in [0.2, 0.25) is 0 Å². The molecule has 3 rings (SSSR count). The van der Waals surface area contributed by atoms with Gasteiger partial charge in [-0.2, -0.15) is 26.3 Å². The van der Waals surface area contributed by atoms with Gasteiger partial charge in [0.25, 0.3) is 5.91 Å². The monoisotopic (exact) mass is 489 g/mol. The molecule has 0 spiro atoms. The molecule has 0 saturated heterocycles. The van der Waals surface area contributed by atoms with Crippen molar-refractivity contribution in [1.82, 2.24) is 9.88 Å². The molecule has 0 aliphatic carbocycles. The molecule has 0 radical (unpaired) electrons. The van der Waals surface area contributed by atoms with Gasteiger partial charge < -0.3 is 4.90 Å². The fraction of sp³-hybridized carbons (Fsp3) is 0.364. The number of aromatic nitrogens is 1. The Balaban J connectivity index is 2.08. The predicted molar refractivity (Wildman–Crippen MR) is 116 cm³/mol. The molecule has 11 heteroatoms. The number of nitrogens with zero attached hydrogens (tertiary/aromatic N) is 3. The largest absolute Gasteiger partial charge is 0.416 e. The molecule has 0 atom stereocenters. The Kier molecular flexibility index (Phi) is 7.32. The predicted octanol–water partition coefficient (Wildman–Crippen LogP) is 6.32. The van der Waals surface area contributed by atoms with Crippen molar-refractivity contribution in [2.45, 2.75) is 26.2 Å². The maximum Gasteiger partial charge on any atom is 0.416 e. The summed E-state index contributed by atoms with van der Waals surface area (Å²) in [6, 6.07) is 7.92. The Morgan fingerprint density at radius 2 is 1.48 bits per heavy atom. The minimum Gasteiger partial charge on any atom is -0.302 e. The maximum absolute atomic E-state index is 13.3. The Labute approximate surface area is 190 Å². The first kappa shape index (κ1) is 25.0. The summed E-state index contributed by atoms with van der Waals surface area (Å²) in [6.45, 7) is 5.59. The van der Waals surface area contributed by atoms with E-state index in [0.29, 0.717) is 37.3 Å². The number of fused-ring (bicyclic) bond motifs is 1. The lowest BCUT2D eigenvalue weighted by molar-refractivity contribution is -0.143. The summed E-state index contributed by atoms with van der Waals surface area (Å²) in [5.74, 6) is -0.974. The van der Waals surface area contributed by atoms with Crippen molar-refractivity contribution >= 4 is 32.6 Å². The van der Waals surface area contributed by atoms with Gasteiger partial charge in [0.15, 0.2) is 5.13 Å². The summed E-state index contributed by atoms with van der Waals surface area (Å²) in [5.41, 5.74) is -3.18. The Bertz CT molecular complexity index is 1060. The molecular weight excluding hydrogens is 468 g/mol. The second-order valence-corrected chi connectivity index (χ2v) is 8.25. The smallest absolute Gasteiger partial charge is 0.302 e. The summed E-state index contributed by atoms with van der Waals surface area (Å²) >= 11 is 1.15. The number of hydrogen-bond donors (Lipinski definition) is 0. The molecule has 0 unspecified atom stereocenters. The number of benzene rings is 2. The third-order valence-electron chi connectivity index (χ3n) is 5.13. The first-order valence-electron chi connectivity index (χ1n) is 10.1. The fourth-order valence-corrected chi connectivity index (χ4v) is 4.26. The SMILES string of the molecule is CCN(CC)CCN(C(=O)c1cc(C(F)(F)F)cc(C(F)(F)F)c1)c1nc2ccccc2s1. The van der Waals surface area contributed by atoms with E-state index < -0.39 is 35.0 Å². The van der Waals surface area contributed by atoms with E-state index in [0.717, 1.165) is 20.9 Å². The van der Waals surface area contributed by atoms with E-state index in [-0.39, 0.29) is 17.7 Å². The van der Waals surface area contributed by atoms with Crippen molar-refractivity contribution in [3.63, 3.8) is 0 Å². The number of halogens is 6. The number of anilines is 1. The second kappa shape index (κ2) is 9.68. The first-order valence-corrected chi connectivity index (χ1v) is 10.9. The molecule has 0 saturated carbocycles. The zero-order valence-electron chi connectivity index (χ0n) is 17.8. The van der Waals surface area contributed by atoms with Gasteiger partial charge in [0.1, 0.15) is 0 Å². The third-order valence-corrected chi connectivity index (χ3v) is 6.19. The number of alkyl halides is 6. The van der Waals surface area contributed by atoms with Crippen LogP contribution in [0.2, 0.25) is 0 Å². The number of rotatable bonds is 7. The van der Waals surface area contributed by atoms with Crippen LogP contribution in [-0.2, 0) is 12.4 Å². The van der Waals surface area contributed by atoms with Crippen molar-refractivity contribution in [3.8, 4) is 0 Å². The molecule has 0 aliphatic heterocycles. The van der Waals surface area contributed by atoms with Gasteiger partial charge in [-0.3, -0.25) is 9.69 Å². The Morgan fingerprint density at radius 1 is 0.909 bits per heavy atom. The van der Waals surface area contributed by atoms with E-state index in [2.05, 4.69) is 4.98 Å². The highest BCUT2D eigenvalue weighted by molar-refractivity contribution is 7.22. The summed E-state index contributed by atoms with van der Waals surface area (Å²) in [7, 11) is 0. The fourth-order valence-electron chi connectivity index (χ4n) is 3.28. The minimum atomic E-state index is -5.04. The van der Waals surface area contributed by atoms with Crippen molar-refractivity contribution in [2.24, 2.45) is 0 Å². The summed E-state index contributed by atoms with van der Waals surface area (Å²) in [5, 5.41) is 0.208. The van der Waals surface area contributed by atoms with Gasteiger partial charge in [0, 0.05) is 18.7 Å². The molecule has 0 aliphatic rings. The zero-order chi connectivity index (χ0) is 24.4. The van der Waals surface area contributed by atoms with E-state index in [1.165, 1.54) is 0 Å². The average Bonchev–Trinajstić information content (AvgIpc) is 3.18. The van der Waals surface area contributed by atoms with Gasteiger partial charge in [-0.15, -0.1) is 0 Å². The molecular formula is C22H21F6N3OS. The van der Waals surface area contributed by atoms with Crippen LogP contribution in [0.1, 0.15) is 35.3 Å². The van der Waals surface area contributed by atoms with Crippen molar-refractivity contribution < 1.29 is 31.1 Å². The van der Waals surface area contributed by atoms with Crippen LogP contribution in [0.15, 0.2) is 42.5 Å². The highest BCUT2D eigenvalue weighted by Crippen LogP contribution is 2.37. The highest BCUT2D eigenvalue weighted by Gasteiger charge is 2.38. The molecule has 0 N–H and O–H groups in total. The summed E-state index contributed by atoms with van der Waals surface area (Å²) < 4.78 is 80.5. The van der Waals surface area contributed by atoms with Gasteiger partial charge in [-0.25, -0.2) is 4.98 Å². The topological polar surface area (TPSA) is 36.4 Å². The van der Waals surface area contributed by atoms with Crippen LogP contribution in [0, 0.1) is 0 Å². The van der Waals surface area contributed by atoms with Crippen LogP contribution in [0.25, 0.3) is 10.2 Å². The Hall–Kier alpha value is -2.66. The average molecular weight is 489 g/mol. The van der Waals surface area contributed by atoms with Crippen molar-refractivity contribution in [3.05, 3.63) is 59.2 Å². The molecule has 178 valence electrons. The summed E-state index contributed by atoms with van der Waals surface area (Å²) in [6.07, 6.45) is -10.1. The number of thiazole rings is 1. The summed E-state index contributed by atoms with van der Waals surface area (Å²) in [4.78, 5) is 20.8. The minimum absolute atomic E-state index is 0.00864. The van der Waals surface area contributed by atoms with Crippen LogP contribution in [-0.4, -0.2) is 42.0 Å². The van der Waals surface area contributed by atoms with E-state index >= 15 is 0 Å². The van der Waals surface area contributed by atoms with Crippen LogP contribution >= 0.6 is 11.3 Å². The van der Waals surface area contributed by atoms with Gasteiger partial charge in [-0.05, 0) is 43.4 Å². The van der Waals surface area contributed by atoms with Crippen molar-refractivity contribution in [1.29, 1.82) is 0 Å². The molecule has 3 aromatic rings. The third kappa shape index (κ3) is 5.83. The number of carbonyl (C=O) groups excluding carboxylic acids is 1. The number of para-hydroxylation sites is 1. The maximum atomic E-state index is 13.3. The second-order valence-electron chi connectivity index (χ2n) is 7.24. The van der Waals surface area contributed by atoms with Crippen LogP contribution in [0.3, 0.4) is 0 Å². The van der Waals surface area contributed by atoms with E-state index in [4.69, 9.17) is 0 Å². The normalized spacial score (nSPS) is 12.5. The molecule has 1 aromatic heterocycles. The molecule has 4 nitrogen and oxygen atoms in total. The lowest BCUT2D eigenvalue weighted by atomic mass is 10.0. The van der Waals surface area contributed by atoms with E-state index in [1.807, 2.05) is 18.7 Å². The standard InChI is InChI=1S/C22H21F6N3OS/c1-3-30(4-2)9-10-31(20-29-17-7-5-6-8-18(17)33-20)19(32)14-11-15(21(23,24)25)13-16(12-14)22(26,27)28/h5-8,11-13H,3-4,9-10H2,1-2H3. The molecule has 33 heavy (non-hydrogen) atoms. The van der Waals surface area contributed by atoms with E-state index in [1.54, 1.807) is 24.3 Å². The van der Waals surface area contributed by atoms with Crippen LogP contribution < -0.4 is 4.90 Å². The zero-order valence-corrected chi connectivity index (χ0v) is 18.6. The molecule has 0 fully saturated rings. The van der Waals surface area contributed by atoms with Crippen LogP contribution in [0.4, 0.5) is 31.5 Å². The lowest BCUT2D eigenvalue weighted by Gasteiger charge is -2.25. The first-order chi connectivity index (χ1) is 15.4. The molecule has 0 bridgehead atoms. The number of carbonyl (C=O) groups is 1. The molecule has 1 heterocycles. The van der Waals surface area contributed by atoms with Gasteiger partial charge in [0.05, 0.1) is 21.3 Å². The van der Waals surface area contributed by atoms with Gasteiger partial charge >= 0.3 is 12.4 Å². The Morgan fingerprint density at radius 3 is 2.00 bits per heavy atom. The van der Waals surface area contributed by atoms with E-state index in [9.17, 15) is 31.1 Å². The van der Waals surface area contributed by atoms with Crippen molar-refractivity contribution in [2.75, 3.05) is 31.1 Å². The van der Waals surface area contributed by atoms with Gasteiger partial charge in [-0.1, -0.05) is 37.3 Å². The number of hydrogen-bond acceptors (Lipinski definition) is 4. The number of amides is 1. The molecule has 2 aromatic carbocycles. The highest BCUT2D eigenvalue weighted by atomic mass is 32.1. The lowest BCUT2D eigenvalue weighted by Crippen LogP contribution is -2.39.